The molecule has 13 heavy (non-hydrogen) atoms. The van der Waals surface area contributed by atoms with Crippen molar-refractivity contribution >= 4 is 11.9 Å². The van der Waals surface area contributed by atoms with Crippen molar-refractivity contribution in [3.63, 3.8) is 0 Å². The van der Waals surface area contributed by atoms with E-state index in [4.69, 9.17) is 9.84 Å². The Hall–Kier alpha value is -1.58. The third-order valence-corrected chi connectivity index (χ3v) is 1.15. The van der Waals surface area contributed by atoms with Crippen LogP contribution < -0.4 is 0 Å². The highest BCUT2D eigenvalue weighted by Crippen LogP contribution is 1.92. The molecule has 0 aromatic heterocycles. The third kappa shape index (κ3) is 5.66. The molecule has 1 rings (SSSR count). The van der Waals surface area contributed by atoms with Gasteiger partial charge in [-0.05, 0) is 13.0 Å². The lowest BCUT2D eigenvalue weighted by Crippen LogP contribution is -1.92. The van der Waals surface area contributed by atoms with Gasteiger partial charge in [-0.2, -0.15) is 0 Å². The second-order valence-electron chi connectivity index (χ2n) is 2.36. The Balaban J connectivity index is 0.000000226. The maximum absolute atomic E-state index is 9.60. The smallest absolute Gasteiger partial charge is 0.330 e. The lowest BCUT2D eigenvalue weighted by Gasteiger charge is -1.87. The van der Waals surface area contributed by atoms with Crippen molar-refractivity contribution in [3.8, 4) is 0 Å². The average molecular weight is 183 g/mol. The van der Waals surface area contributed by atoms with Crippen molar-refractivity contribution in [2.75, 3.05) is 13.2 Å². The summed E-state index contributed by atoms with van der Waals surface area (Å²) in [4.78, 5) is 13.5. The minimum atomic E-state index is -0.935. The van der Waals surface area contributed by atoms with Gasteiger partial charge in [0.15, 0.2) is 0 Å². The zero-order valence-corrected chi connectivity index (χ0v) is 7.62. The van der Waals surface area contributed by atoms with Crippen LogP contribution in [0.5, 0.6) is 0 Å². The zero-order valence-electron chi connectivity index (χ0n) is 7.62. The van der Waals surface area contributed by atoms with Gasteiger partial charge in [0, 0.05) is 5.57 Å². The van der Waals surface area contributed by atoms with Crippen molar-refractivity contribution < 1.29 is 14.6 Å². The highest BCUT2D eigenvalue weighted by Gasteiger charge is 1.99. The number of aliphatic carboxylic acids is 1. The SMILES string of the molecule is C=C(C)C(=O)O.C=CC1=NCCO1. The van der Waals surface area contributed by atoms with Crippen LogP contribution in [0.2, 0.25) is 0 Å². The molecule has 4 nitrogen and oxygen atoms in total. The van der Waals surface area contributed by atoms with Crippen molar-refractivity contribution in [1.29, 1.82) is 0 Å². The van der Waals surface area contributed by atoms with Gasteiger partial charge in [-0.25, -0.2) is 9.79 Å². The summed E-state index contributed by atoms with van der Waals surface area (Å²) in [6.45, 7) is 9.61. The van der Waals surface area contributed by atoms with Crippen molar-refractivity contribution in [1.82, 2.24) is 0 Å². The first kappa shape index (κ1) is 11.4. The molecule has 0 aliphatic carbocycles. The van der Waals surface area contributed by atoms with Crippen LogP contribution in [0.1, 0.15) is 6.92 Å². The van der Waals surface area contributed by atoms with E-state index >= 15 is 0 Å². The molecular formula is C9H13NO3. The number of carboxylic acids is 1. The molecule has 4 heteroatoms. The van der Waals surface area contributed by atoms with E-state index in [1.165, 1.54) is 6.92 Å². The molecule has 0 aromatic carbocycles. The van der Waals surface area contributed by atoms with Gasteiger partial charge in [0.25, 0.3) is 0 Å². The number of carbonyl (C=O) groups is 1. The molecule has 0 atom stereocenters. The maximum Gasteiger partial charge on any atom is 0.330 e. The van der Waals surface area contributed by atoms with Crippen molar-refractivity contribution in [3.05, 3.63) is 24.8 Å². The van der Waals surface area contributed by atoms with E-state index in [2.05, 4.69) is 18.2 Å². The normalized spacial score (nSPS) is 13.2. The predicted octanol–water partition coefficient (Wildman–Crippen LogP) is 1.25. The van der Waals surface area contributed by atoms with Gasteiger partial charge in [-0.3, -0.25) is 0 Å². The Labute approximate surface area is 77.2 Å². The Morgan fingerprint density at radius 1 is 1.77 bits per heavy atom. The summed E-state index contributed by atoms with van der Waals surface area (Å²) in [6, 6.07) is 0. The average Bonchev–Trinajstić information content (AvgIpc) is 2.56. The van der Waals surface area contributed by atoms with E-state index in [0.29, 0.717) is 5.90 Å². The van der Waals surface area contributed by atoms with Gasteiger partial charge < -0.3 is 9.84 Å². The van der Waals surface area contributed by atoms with Gasteiger partial charge in [0.05, 0.1) is 6.54 Å². The summed E-state index contributed by atoms with van der Waals surface area (Å²) in [7, 11) is 0. The summed E-state index contributed by atoms with van der Waals surface area (Å²) >= 11 is 0. The summed E-state index contributed by atoms with van der Waals surface area (Å²) in [6.07, 6.45) is 1.62. The Morgan fingerprint density at radius 3 is 2.46 bits per heavy atom. The molecule has 0 spiro atoms. The predicted molar refractivity (Wildman–Crippen MR) is 50.9 cm³/mol. The lowest BCUT2D eigenvalue weighted by molar-refractivity contribution is -0.132. The van der Waals surface area contributed by atoms with Crippen LogP contribution in [0.4, 0.5) is 0 Å². The fraction of sp³-hybridized carbons (Fsp3) is 0.333. The molecule has 0 amide bonds. The number of aliphatic imine (C=N–C) groups is 1. The number of rotatable bonds is 2. The van der Waals surface area contributed by atoms with Gasteiger partial charge in [0.1, 0.15) is 6.61 Å². The fourth-order valence-corrected chi connectivity index (χ4v) is 0.475. The molecule has 0 bridgehead atoms. The maximum atomic E-state index is 9.60. The molecule has 0 saturated heterocycles. The molecule has 1 aliphatic rings. The van der Waals surface area contributed by atoms with Crippen LogP contribution in [-0.4, -0.2) is 30.1 Å². The van der Waals surface area contributed by atoms with E-state index in [9.17, 15) is 4.79 Å². The zero-order chi connectivity index (χ0) is 10.3. The lowest BCUT2D eigenvalue weighted by atomic mass is 10.4. The van der Waals surface area contributed by atoms with Crippen LogP contribution in [-0.2, 0) is 9.53 Å². The quantitative estimate of drug-likeness (QED) is 0.655. The Morgan fingerprint density at radius 2 is 2.31 bits per heavy atom. The van der Waals surface area contributed by atoms with E-state index < -0.39 is 5.97 Å². The first-order valence-electron chi connectivity index (χ1n) is 3.76. The van der Waals surface area contributed by atoms with Crippen LogP contribution in [0.25, 0.3) is 0 Å². The number of ether oxygens (including phenoxy) is 1. The summed E-state index contributed by atoms with van der Waals surface area (Å²) in [5.74, 6) is -0.255. The molecule has 0 unspecified atom stereocenters. The van der Waals surface area contributed by atoms with E-state index in [-0.39, 0.29) is 5.57 Å². The van der Waals surface area contributed by atoms with Crippen LogP contribution in [0.15, 0.2) is 29.8 Å². The first-order chi connectivity index (χ1) is 6.07. The van der Waals surface area contributed by atoms with E-state index in [1.54, 1.807) is 6.08 Å². The molecule has 0 aromatic rings. The Kier molecular flexibility index (Phi) is 5.27. The summed E-state index contributed by atoms with van der Waals surface area (Å²) in [5.41, 5.74) is 0.176. The second kappa shape index (κ2) is 5.99. The molecule has 1 heterocycles. The molecule has 0 saturated carbocycles. The third-order valence-electron chi connectivity index (χ3n) is 1.15. The van der Waals surface area contributed by atoms with Gasteiger partial charge in [0.2, 0.25) is 5.90 Å². The summed E-state index contributed by atoms with van der Waals surface area (Å²) in [5, 5.41) is 7.89. The van der Waals surface area contributed by atoms with Crippen LogP contribution in [0, 0.1) is 0 Å². The topological polar surface area (TPSA) is 58.9 Å². The standard InChI is InChI=1S/C5H7NO.C4H6O2/c1-2-5-6-3-4-7-5;1-3(2)4(5)6/h2H,1,3-4H2;1H2,2H3,(H,5,6). The highest BCUT2D eigenvalue weighted by atomic mass is 16.5. The van der Waals surface area contributed by atoms with Gasteiger partial charge in [-0.15, -0.1) is 0 Å². The molecule has 1 aliphatic heterocycles. The van der Waals surface area contributed by atoms with Crippen LogP contribution in [0.3, 0.4) is 0 Å². The number of nitrogens with zero attached hydrogens (tertiary/aromatic N) is 1. The molecular weight excluding hydrogens is 170 g/mol. The summed E-state index contributed by atoms with van der Waals surface area (Å²) < 4.78 is 4.93. The molecule has 0 fully saturated rings. The van der Waals surface area contributed by atoms with E-state index in [0.717, 1.165) is 13.2 Å². The largest absolute Gasteiger partial charge is 0.478 e. The van der Waals surface area contributed by atoms with Gasteiger partial charge >= 0.3 is 5.97 Å². The highest BCUT2D eigenvalue weighted by molar-refractivity contribution is 5.87. The minimum Gasteiger partial charge on any atom is -0.478 e. The van der Waals surface area contributed by atoms with Gasteiger partial charge in [-0.1, -0.05) is 13.2 Å². The van der Waals surface area contributed by atoms with Crippen LogP contribution >= 0.6 is 0 Å². The van der Waals surface area contributed by atoms with E-state index in [1.807, 2.05) is 0 Å². The number of hydrogen-bond donors (Lipinski definition) is 1. The first-order valence-corrected chi connectivity index (χ1v) is 3.76. The molecule has 0 radical (unpaired) electrons. The molecule has 72 valence electrons. The Bertz CT molecular complexity index is 231. The monoisotopic (exact) mass is 183 g/mol. The number of carboxylic acid groups (broad SMARTS) is 1. The number of hydrogen-bond acceptors (Lipinski definition) is 3. The second-order valence-corrected chi connectivity index (χ2v) is 2.36. The fourth-order valence-electron chi connectivity index (χ4n) is 0.475. The minimum absolute atomic E-state index is 0.176. The van der Waals surface area contributed by atoms with Crippen molar-refractivity contribution in [2.45, 2.75) is 6.92 Å². The van der Waals surface area contributed by atoms with Crippen molar-refractivity contribution in [2.24, 2.45) is 4.99 Å². The molecule has 1 N–H and O–H groups in total.